The number of hydrogen-bond acceptors (Lipinski definition) is 3. The van der Waals surface area contributed by atoms with E-state index in [9.17, 15) is 0 Å². The number of benzene rings is 1. The van der Waals surface area contributed by atoms with Crippen LogP contribution in [0.15, 0.2) is 29.4 Å². The third-order valence-corrected chi connectivity index (χ3v) is 2.77. The van der Waals surface area contributed by atoms with Gasteiger partial charge in [-0.25, -0.2) is 4.68 Å². The Bertz CT molecular complexity index is 613. The van der Waals surface area contributed by atoms with Crippen molar-refractivity contribution in [2.75, 3.05) is 0 Å². The lowest BCUT2D eigenvalue weighted by Gasteiger charge is -2.11. The molecular formula is C13H16N4O. The lowest BCUT2D eigenvalue weighted by Crippen LogP contribution is -2.17. The summed E-state index contributed by atoms with van der Waals surface area (Å²) in [4.78, 5) is 0. The van der Waals surface area contributed by atoms with Crippen LogP contribution in [0.25, 0.3) is 5.69 Å². The van der Waals surface area contributed by atoms with Crippen molar-refractivity contribution in [3.63, 3.8) is 0 Å². The van der Waals surface area contributed by atoms with E-state index in [2.05, 4.69) is 10.3 Å². The van der Waals surface area contributed by atoms with E-state index in [4.69, 9.17) is 10.9 Å². The molecule has 3 N–H and O–H groups in total. The maximum atomic E-state index is 8.86. The molecule has 5 nitrogen and oxygen atoms in total. The molecule has 0 fully saturated rings. The molecule has 0 aliphatic rings. The molecule has 0 atom stereocenters. The fourth-order valence-electron chi connectivity index (χ4n) is 1.97. The van der Waals surface area contributed by atoms with Crippen molar-refractivity contribution in [3.05, 3.63) is 46.8 Å². The van der Waals surface area contributed by atoms with Crippen molar-refractivity contribution in [2.45, 2.75) is 20.8 Å². The van der Waals surface area contributed by atoms with Crippen LogP contribution in [0.3, 0.4) is 0 Å². The first-order valence-corrected chi connectivity index (χ1v) is 5.65. The molecule has 0 aliphatic carbocycles. The van der Waals surface area contributed by atoms with Crippen molar-refractivity contribution < 1.29 is 5.21 Å². The van der Waals surface area contributed by atoms with Gasteiger partial charge in [0.2, 0.25) is 0 Å². The predicted octanol–water partition coefficient (Wildman–Crippen LogP) is 1.89. The van der Waals surface area contributed by atoms with Crippen LogP contribution < -0.4 is 5.73 Å². The van der Waals surface area contributed by atoms with Gasteiger partial charge in [-0.1, -0.05) is 16.8 Å². The van der Waals surface area contributed by atoms with Crippen LogP contribution in [0.5, 0.6) is 0 Å². The SMILES string of the molecule is Cc1ccc(-n2nc(C)cc2C)c(/C(N)=N/O)c1. The molecule has 1 aromatic heterocycles. The Morgan fingerprint density at radius 1 is 1.28 bits per heavy atom. The number of rotatable bonds is 2. The predicted molar refractivity (Wildman–Crippen MR) is 70.3 cm³/mol. The second-order valence-corrected chi connectivity index (χ2v) is 4.34. The van der Waals surface area contributed by atoms with Crippen LogP contribution in [0, 0.1) is 20.8 Å². The standard InChI is InChI=1S/C13H16N4O/c1-8-4-5-12(11(6-8)13(14)16-18)17-10(3)7-9(2)15-17/h4-7,18H,1-3H3,(H2,14,16). The van der Waals surface area contributed by atoms with Gasteiger partial charge in [-0.15, -0.1) is 0 Å². The van der Waals surface area contributed by atoms with Gasteiger partial charge in [0.25, 0.3) is 0 Å². The fraction of sp³-hybridized carbons (Fsp3) is 0.231. The van der Waals surface area contributed by atoms with Crippen molar-refractivity contribution >= 4 is 5.84 Å². The van der Waals surface area contributed by atoms with E-state index in [-0.39, 0.29) is 5.84 Å². The molecule has 5 heteroatoms. The third kappa shape index (κ3) is 2.07. The average Bonchev–Trinajstić information content (AvgIpc) is 2.67. The zero-order valence-electron chi connectivity index (χ0n) is 10.7. The monoisotopic (exact) mass is 244 g/mol. The Kier molecular flexibility index (Phi) is 3.06. The first kappa shape index (κ1) is 12.2. The number of oxime groups is 1. The van der Waals surface area contributed by atoms with Gasteiger partial charge in [-0.3, -0.25) is 0 Å². The molecule has 1 heterocycles. The minimum atomic E-state index is 0.0845. The highest BCUT2D eigenvalue weighted by atomic mass is 16.4. The number of hydrogen-bond donors (Lipinski definition) is 2. The van der Waals surface area contributed by atoms with Crippen molar-refractivity contribution in [1.82, 2.24) is 9.78 Å². The molecule has 0 bridgehead atoms. The number of nitrogens with two attached hydrogens (primary N) is 1. The second-order valence-electron chi connectivity index (χ2n) is 4.34. The number of aromatic nitrogens is 2. The largest absolute Gasteiger partial charge is 0.409 e. The molecule has 0 saturated heterocycles. The van der Waals surface area contributed by atoms with Crippen LogP contribution in [-0.2, 0) is 0 Å². The van der Waals surface area contributed by atoms with Gasteiger partial charge in [0.15, 0.2) is 5.84 Å². The molecule has 0 unspecified atom stereocenters. The summed E-state index contributed by atoms with van der Waals surface area (Å²) in [5, 5.41) is 16.3. The number of nitrogens with zero attached hydrogens (tertiary/aromatic N) is 3. The summed E-state index contributed by atoms with van der Waals surface area (Å²) >= 11 is 0. The average molecular weight is 244 g/mol. The highest BCUT2D eigenvalue weighted by Crippen LogP contribution is 2.18. The summed E-state index contributed by atoms with van der Waals surface area (Å²) in [6, 6.07) is 7.75. The molecule has 2 aromatic rings. The Hall–Kier alpha value is -2.30. The molecule has 0 amide bonds. The molecule has 1 aromatic carbocycles. The highest BCUT2D eigenvalue weighted by Gasteiger charge is 2.12. The molecule has 94 valence electrons. The second kappa shape index (κ2) is 4.52. The van der Waals surface area contributed by atoms with Gasteiger partial charge in [-0.2, -0.15) is 5.10 Å². The minimum absolute atomic E-state index is 0.0845. The summed E-state index contributed by atoms with van der Waals surface area (Å²) in [5.41, 5.74) is 10.2. The summed E-state index contributed by atoms with van der Waals surface area (Å²) in [6.45, 7) is 5.86. The third-order valence-electron chi connectivity index (χ3n) is 2.77. The zero-order valence-corrected chi connectivity index (χ0v) is 10.7. The molecule has 18 heavy (non-hydrogen) atoms. The molecule has 0 aliphatic heterocycles. The summed E-state index contributed by atoms with van der Waals surface area (Å²) in [5.74, 6) is 0.0845. The smallest absolute Gasteiger partial charge is 0.172 e. The summed E-state index contributed by atoms with van der Waals surface area (Å²) in [6.07, 6.45) is 0. The van der Waals surface area contributed by atoms with Gasteiger partial charge in [0.1, 0.15) is 0 Å². The van der Waals surface area contributed by atoms with Crippen LogP contribution in [0.1, 0.15) is 22.5 Å². The van der Waals surface area contributed by atoms with E-state index < -0.39 is 0 Å². The van der Waals surface area contributed by atoms with Crippen LogP contribution >= 0.6 is 0 Å². The number of aryl methyl sites for hydroxylation is 3. The Balaban J connectivity index is 2.68. The van der Waals surface area contributed by atoms with Gasteiger partial charge in [0, 0.05) is 11.3 Å². The maximum absolute atomic E-state index is 8.86. The Labute approximate surface area is 106 Å². The minimum Gasteiger partial charge on any atom is -0.409 e. The lowest BCUT2D eigenvalue weighted by molar-refractivity contribution is 0.318. The summed E-state index contributed by atoms with van der Waals surface area (Å²) in [7, 11) is 0. The van der Waals surface area contributed by atoms with E-state index >= 15 is 0 Å². The maximum Gasteiger partial charge on any atom is 0.172 e. The Morgan fingerprint density at radius 3 is 2.56 bits per heavy atom. The van der Waals surface area contributed by atoms with E-state index in [1.807, 2.05) is 45.0 Å². The zero-order chi connectivity index (χ0) is 13.3. The van der Waals surface area contributed by atoms with Gasteiger partial charge in [0.05, 0.1) is 11.4 Å². The molecule has 0 saturated carbocycles. The topological polar surface area (TPSA) is 76.4 Å². The first-order chi connectivity index (χ1) is 8.52. The van der Waals surface area contributed by atoms with Gasteiger partial charge in [-0.05, 0) is 39.0 Å². The fourth-order valence-corrected chi connectivity index (χ4v) is 1.97. The molecule has 0 spiro atoms. The molecular weight excluding hydrogens is 228 g/mol. The van der Waals surface area contributed by atoms with Crippen molar-refractivity contribution in [1.29, 1.82) is 0 Å². The van der Waals surface area contributed by atoms with E-state index in [1.54, 1.807) is 4.68 Å². The normalized spacial score (nSPS) is 11.8. The molecule has 0 radical (unpaired) electrons. The first-order valence-electron chi connectivity index (χ1n) is 5.65. The van der Waals surface area contributed by atoms with Crippen molar-refractivity contribution in [3.8, 4) is 5.69 Å². The van der Waals surface area contributed by atoms with Crippen molar-refractivity contribution in [2.24, 2.45) is 10.9 Å². The van der Waals surface area contributed by atoms with Gasteiger partial charge < -0.3 is 10.9 Å². The van der Waals surface area contributed by atoms with Gasteiger partial charge >= 0.3 is 0 Å². The molecule has 2 rings (SSSR count). The highest BCUT2D eigenvalue weighted by molar-refractivity contribution is 6.00. The lowest BCUT2D eigenvalue weighted by atomic mass is 10.1. The Morgan fingerprint density at radius 2 is 2.00 bits per heavy atom. The van der Waals surface area contributed by atoms with Crippen LogP contribution in [0.4, 0.5) is 0 Å². The van der Waals surface area contributed by atoms with Crippen LogP contribution in [-0.4, -0.2) is 20.8 Å². The summed E-state index contributed by atoms with van der Waals surface area (Å²) < 4.78 is 1.79. The van der Waals surface area contributed by atoms with E-state index in [0.29, 0.717) is 5.56 Å². The number of amidine groups is 1. The van der Waals surface area contributed by atoms with E-state index in [1.165, 1.54) is 0 Å². The van der Waals surface area contributed by atoms with Crippen LogP contribution in [0.2, 0.25) is 0 Å². The quantitative estimate of drug-likeness (QED) is 0.366. The van der Waals surface area contributed by atoms with E-state index in [0.717, 1.165) is 22.6 Å².